The molecule has 2 atom stereocenters. The highest BCUT2D eigenvalue weighted by molar-refractivity contribution is 5.84. The molecule has 1 aromatic heterocycles. The first kappa shape index (κ1) is 13.5. The molecule has 0 saturated heterocycles. The van der Waals surface area contributed by atoms with Gasteiger partial charge in [-0.2, -0.15) is 0 Å². The second-order valence-electron chi connectivity index (χ2n) is 5.93. The molecule has 2 N–H and O–H groups in total. The highest BCUT2D eigenvalue weighted by Gasteiger charge is 2.29. The van der Waals surface area contributed by atoms with Crippen molar-refractivity contribution in [3.05, 3.63) is 42.2 Å². The summed E-state index contributed by atoms with van der Waals surface area (Å²) in [6, 6.07) is 9.11. The molecule has 1 saturated carbocycles. The van der Waals surface area contributed by atoms with Gasteiger partial charge in [-0.3, -0.25) is 9.88 Å². The van der Waals surface area contributed by atoms with Crippen LogP contribution in [0, 0.1) is 5.92 Å². The van der Waals surface area contributed by atoms with Gasteiger partial charge in [0.05, 0.1) is 0 Å². The summed E-state index contributed by atoms with van der Waals surface area (Å²) in [4.78, 5) is 6.85. The molecule has 20 heavy (non-hydrogen) atoms. The lowest BCUT2D eigenvalue weighted by molar-refractivity contribution is 0.193. The minimum atomic E-state index is 0.624. The van der Waals surface area contributed by atoms with Gasteiger partial charge in [-0.1, -0.05) is 30.7 Å². The van der Waals surface area contributed by atoms with Crippen molar-refractivity contribution in [2.45, 2.75) is 31.8 Å². The third kappa shape index (κ3) is 2.56. The summed E-state index contributed by atoms with van der Waals surface area (Å²) in [5, 5.41) is 2.54. The van der Waals surface area contributed by atoms with Crippen LogP contribution in [0.25, 0.3) is 10.8 Å². The van der Waals surface area contributed by atoms with Gasteiger partial charge in [-0.25, -0.2) is 0 Å². The fourth-order valence-electron chi connectivity index (χ4n) is 3.56. The van der Waals surface area contributed by atoms with Crippen molar-refractivity contribution < 1.29 is 0 Å². The Hall–Kier alpha value is -1.45. The SMILES string of the molecule is CN(Cc1cncc2ccccc12)C1CCCC1CN. The van der Waals surface area contributed by atoms with Gasteiger partial charge in [0.2, 0.25) is 0 Å². The van der Waals surface area contributed by atoms with Crippen molar-refractivity contribution in [1.82, 2.24) is 9.88 Å². The normalized spacial score (nSPS) is 22.8. The first-order chi connectivity index (χ1) is 9.79. The first-order valence-electron chi connectivity index (χ1n) is 7.51. The monoisotopic (exact) mass is 269 g/mol. The number of nitrogens with two attached hydrogens (primary N) is 1. The number of aromatic nitrogens is 1. The summed E-state index contributed by atoms with van der Waals surface area (Å²) < 4.78 is 0. The van der Waals surface area contributed by atoms with Crippen molar-refractivity contribution in [2.24, 2.45) is 11.7 Å². The van der Waals surface area contributed by atoms with Gasteiger partial charge in [-0.05, 0) is 43.3 Å². The molecule has 0 radical (unpaired) electrons. The van der Waals surface area contributed by atoms with E-state index in [1.807, 2.05) is 12.4 Å². The van der Waals surface area contributed by atoms with E-state index < -0.39 is 0 Å². The van der Waals surface area contributed by atoms with Gasteiger partial charge in [0.25, 0.3) is 0 Å². The van der Waals surface area contributed by atoms with Crippen LogP contribution in [-0.4, -0.2) is 29.5 Å². The Labute approximate surface area is 120 Å². The molecule has 0 aliphatic heterocycles. The number of nitrogens with zero attached hydrogens (tertiary/aromatic N) is 2. The van der Waals surface area contributed by atoms with E-state index in [1.54, 1.807) is 0 Å². The van der Waals surface area contributed by atoms with Crippen molar-refractivity contribution in [2.75, 3.05) is 13.6 Å². The summed E-state index contributed by atoms with van der Waals surface area (Å²) in [6.45, 7) is 1.76. The summed E-state index contributed by atoms with van der Waals surface area (Å²) in [5.41, 5.74) is 7.22. The molecule has 106 valence electrons. The van der Waals surface area contributed by atoms with Crippen LogP contribution >= 0.6 is 0 Å². The molecule has 0 spiro atoms. The molecule has 1 aliphatic carbocycles. The number of fused-ring (bicyclic) bond motifs is 1. The van der Waals surface area contributed by atoms with Gasteiger partial charge in [0, 0.05) is 30.4 Å². The average Bonchev–Trinajstić information content (AvgIpc) is 2.96. The van der Waals surface area contributed by atoms with Gasteiger partial charge in [0.15, 0.2) is 0 Å². The van der Waals surface area contributed by atoms with E-state index in [0.717, 1.165) is 13.1 Å². The molecular weight excluding hydrogens is 246 g/mol. The molecule has 3 nitrogen and oxygen atoms in total. The van der Waals surface area contributed by atoms with Crippen LogP contribution in [0.5, 0.6) is 0 Å². The number of hydrogen-bond acceptors (Lipinski definition) is 3. The van der Waals surface area contributed by atoms with Gasteiger partial charge in [0.1, 0.15) is 0 Å². The molecule has 3 heteroatoms. The lowest BCUT2D eigenvalue weighted by Crippen LogP contribution is -2.37. The lowest BCUT2D eigenvalue weighted by atomic mass is 10.0. The largest absolute Gasteiger partial charge is 0.330 e. The Morgan fingerprint density at radius 1 is 1.25 bits per heavy atom. The first-order valence-corrected chi connectivity index (χ1v) is 7.51. The highest BCUT2D eigenvalue weighted by atomic mass is 15.1. The average molecular weight is 269 g/mol. The molecule has 1 aliphatic rings. The highest BCUT2D eigenvalue weighted by Crippen LogP contribution is 2.30. The van der Waals surface area contributed by atoms with Crippen LogP contribution in [0.3, 0.4) is 0 Å². The third-order valence-electron chi connectivity index (χ3n) is 4.66. The molecular formula is C17H23N3. The van der Waals surface area contributed by atoms with Gasteiger partial charge in [-0.15, -0.1) is 0 Å². The predicted molar refractivity (Wildman–Crippen MR) is 83.4 cm³/mol. The molecule has 3 rings (SSSR count). The Kier molecular flexibility index (Phi) is 3.99. The minimum Gasteiger partial charge on any atom is -0.330 e. The summed E-state index contributed by atoms with van der Waals surface area (Å²) in [6.07, 6.45) is 7.81. The van der Waals surface area contributed by atoms with E-state index in [4.69, 9.17) is 5.73 Å². The molecule has 2 aromatic rings. The van der Waals surface area contributed by atoms with E-state index >= 15 is 0 Å². The van der Waals surface area contributed by atoms with Crippen LogP contribution in [0.2, 0.25) is 0 Å². The van der Waals surface area contributed by atoms with Crippen molar-refractivity contribution in [3.63, 3.8) is 0 Å². The van der Waals surface area contributed by atoms with Crippen LogP contribution in [0.15, 0.2) is 36.7 Å². The maximum atomic E-state index is 5.91. The van der Waals surface area contributed by atoms with E-state index in [2.05, 4.69) is 41.2 Å². The number of rotatable bonds is 4. The Morgan fingerprint density at radius 3 is 2.95 bits per heavy atom. The van der Waals surface area contributed by atoms with Crippen molar-refractivity contribution >= 4 is 10.8 Å². The van der Waals surface area contributed by atoms with Gasteiger partial charge < -0.3 is 5.73 Å². The van der Waals surface area contributed by atoms with Crippen LogP contribution < -0.4 is 5.73 Å². The minimum absolute atomic E-state index is 0.624. The smallest absolute Gasteiger partial charge is 0.0346 e. The lowest BCUT2D eigenvalue weighted by Gasteiger charge is -2.29. The fraction of sp³-hybridized carbons (Fsp3) is 0.471. The maximum absolute atomic E-state index is 5.91. The molecule has 1 fully saturated rings. The number of benzene rings is 1. The Morgan fingerprint density at radius 2 is 2.10 bits per heavy atom. The molecule has 0 bridgehead atoms. The second-order valence-corrected chi connectivity index (χ2v) is 5.93. The summed E-state index contributed by atoms with van der Waals surface area (Å²) in [7, 11) is 2.22. The van der Waals surface area contributed by atoms with Crippen LogP contribution in [0.1, 0.15) is 24.8 Å². The second kappa shape index (κ2) is 5.90. The predicted octanol–water partition coefficient (Wildman–Crippen LogP) is 2.79. The van der Waals surface area contributed by atoms with Gasteiger partial charge >= 0.3 is 0 Å². The van der Waals surface area contributed by atoms with E-state index in [-0.39, 0.29) is 0 Å². The van der Waals surface area contributed by atoms with E-state index in [0.29, 0.717) is 12.0 Å². The van der Waals surface area contributed by atoms with Crippen molar-refractivity contribution in [3.8, 4) is 0 Å². The van der Waals surface area contributed by atoms with Crippen molar-refractivity contribution in [1.29, 1.82) is 0 Å². The van der Waals surface area contributed by atoms with E-state index in [9.17, 15) is 0 Å². The maximum Gasteiger partial charge on any atom is 0.0346 e. The van der Waals surface area contributed by atoms with Crippen LogP contribution in [0.4, 0.5) is 0 Å². The zero-order valence-electron chi connectivity index (χ0n) is 12.1. The third-order valence-corrected chi connectivity index (χ3v) is 4.66. The molecule has 1 aromatic carbocycles. The fourth-order valence-corrected chi connectivity index (χ4v) is 3.56. The molecule has 2 unspecified atom stereocenters. The molecule has 1 heterocycles. The zero-order chi connectivity index (χ0) is 13.9. The topological polar surface area (TPSA) is 42.2 Å². The standard InChI is InChI=1S/C17H23N3/c1-20(17-8-4-6-13(17)9-18)12-15-11-19-10-14-5-2-3-7-16(14)15/h2-3,5,7,10-11,13,17H,4,6,8-9,12,18H2,1H3. The zero-order valence-corrected chi connectivity index (χ0v) is 12.1. The summed E-state index contributed by atoms with van der Waals surface area (Å²) in [5.74, 6) is 0.655. The number of pyridine rings is 1. The van der Waals surface area contributed by atoms with E-state index in [1.165, 1.54) is 35.6 Å². The quantitative estimate of drug-likeness (QED) is 0.928. The van der Waals surface area contributed by atoms with Crippen LogP contribution in [-0.2, 0) is 6.54 Å². The Balaban J connectivity index is 1.82. The number of hydrogen-bond donors (Lipinski definition) is 1. The molecule has 0 amide bonds. The summed E-state index contributed by atoms with van der Waals surface area (Å²) >= 11 is 0. The Bertz CT molecular complexity index is 576.